The number of benzene rings is 3. The van der Waals surface area contributed by atoms with Gasteiger partial charge in [-0.1, -0.05) is 24.3 Å². The summed E-state index contributed by atoms with van der Waals surface area (Å²) in [4.78, 5) is 0. The van der Waals surface area contributed by atoms with E-state index in [1.807, 2.05) is 24.3 Å². The molecule has 0 aliphatic carbocycles. The van der Waals surface area contributed by atoms with E-state index in [1.54, 1.807) is 28.4 Å². The summed E-state index contributed by atoms with van der Waals surface area (Å²) in [6.07, 6.45) is 1.48. The Labute approximate surface area is 201 Å². The second kappa shape index (κ2) is 12.5. The van der Waals surface area contributed by atoms with Gasteiger partial charge in [-0.3, -0.25) is 0 Å². The van der Waals surface area contributed by atoms with Gasteiger partial charge in [-0.05, 0) is 59.4 Å². The minimum absolute atomic E-state index is 0.234. The number of hydrogen-bond acceptors (Lipinski definition) is 6. The van der Waals surface area contributed by atoms with Crippen LogP contribution in [-0.4, -0.2) is 38.7 Å². The third-order valence-electron chi connectivity index (χ3n) is 5.69. The van der Waals surface area contributed by atoms with Crippen LogP contribution in [0.4, 0.5) is 0 Å². The Balaban J connectivity index is 1.78. The zero-order chi connectivity index (χ0) is 24.5. The predicted octanol–water partition coefficient (Wildman–Crippen LogP) is 4.87. The largest absolute Gasteiger partial charge is 0.507 e. The molecule has 6 heteroatoms. The maximum atomic E-state index is 10.5. The Morgan fingerprint density at radius 3 is 0.971 bits per heavy atom. The second-order valence-electron chi connectivity index (χ2n) is 8.43. The quantitative estimate of drug-likeness (QED) is 0.397. The maximum Gasteiger partial charge on any atom is 0.126 e. The van der Waals surface area contributed by atoms with Crippen LogP contribution in [0, 0.1) is 0 Å². The number of ether oxygens (including phenoxy) is 4. The molecule has 0 heterocycles. The van der Waals surface area contributed by atoms with Gasteiger partial charge in [-0.25, -0.2) is 0 Å². The Morgan fingerprint density at radius 2 is 0.735 bits per heavy atom. The molecule has 0 fully saturated rings. The van der Waals surface area contributed by atoms with Crippen molar-refractivity contribution in [2.75, 3.05) is 28.4 Å². The average molecular weight is 467 g/mol. The topological polar surface area (TPSA) is 77.4 Å². The third kappa shape index (κ3) is 6.58. The van der Waals surface area contributed by atoms with E-state index in [0.717, 1.165) is 46.2 Å². The van der Waals surface area contributed by atoms with Gasteiger partial charge in [0.15, 0.2) is 0 Å². The van der Waals surface area contributed by atoms with Crippen molar-refractivity contribution >= 4 is 0 Å². The molecule has 0 amide bonds. The summed E-state index contributed by atoms with van der Waals surface area (Å²) in [5, 5.41) is 20.9. The minimum atomic E-state index is 0.234. The smallest absolute Gasteiger partial charge is 0.126 e. The Bertz CT molecular complexity index is 934. The van der Waals surface area contributed by atoms with Crippen molar-refractivity contribution in [3.05, 3.63) is 93.0 Å². The Morgan fingerprint density at radius 1 is 0.471 bits per heavy atom. The fourth-order valence-electron chi connectivity index (χ4n) is 4.18. The van der Waals surface area contributed by atoms with E-state index in [1.165, 1.54) is 11.1 Å². The first kappa shape index (κ1) is 25.7. The van der Waals surface area contributed by atoms with Crippen LogP contribution in [-0.2, 0) is 58.2 Å². The molecule has 0 aliphatic heterocycles. The van der Waals surface area contributed by atoms with Crippen molar-refractivity contribution in [2.45, 2.75) is 39.3 Å². The van der Waals surface area contributed by atoms with Gasteiger partial charge in [-0.15, -0.1) is 0 Å². The summed E-state index contributed by atoms with van der Waals surface area (Å²) in [5.41, 5.74) is 7.57. The first-order valence-electron chi connectivity index (χ1n) is 11.2. The van der Waals surface area contributed by atoms with Crippen LogP contribution in [0.3, 0.4) is 0 Å². The van der Waals surface area contributed by atoms with Gasteiger partial charge in [0.25, 0.3) is 0 Å². The fraction of sp³-hybridized carbons (Fsp3) is 0.357. The summed E-state index contributed by atoms with van der Waals surface area (Å²) in [7, 11) is 6.47. The van der Waals surface area contributed by atoms with Gasteiger partial charge in [0.2, 0.25) is 0 Å². The zero-order valence-electron chi connectivity index (χ0n) is 20.4. The summed E-state index contributed by atoms with van der Waals surface area (Å²) < 4.78 is 21.0. The molecule has 0 radical (unpaired) electrons. The molecule has 0 spiro atoms. The number of phenolic OH excluding ortho intramolecular Hbond substituents is 2. The Hall–Kier alpha value is -2.90. The molecule has 3 aromatic rings. The number of rotatable bonds is 12. The normalized spacial score (nSPS) is 11.2. The van der Waals surface area contributed by atoms with Crippen LogP contribution in [0.15, 0.2) is 48.5 Å². The number of hydrogen-bond donors (Lipinski definition) is 2. The molecule has 3 rings (SSSR count). The molecular weight excluding hydrogens is 432 g/mol. The highest BCUT2D eigenvalue weighted by atomic mass is 16.5. The molecule has 0 unspecified atom stereocenters. The van der Waals surface area contributed by atoms with E-state index in [2.05, 4.69) is 24.3 Å². The van der Waals surface area contributed by atoms with Crippen molar-refractivity contribution in [1.82, 2.24) is 0 Å². The standard InChI is InChI=1S/C28H34O6/c1-31-15-23-11-21(12-24(16-32-2)27(23)29)9-19-5-7-20(8-6-19)10-22-13-25(17-33-3)28(30)26(14-22)18-34-4/h5-8,11-14,29-30H,9-10,15-18H2,1-4H3. The second-order valence-corrected chi connectivity index (χ2v) is 8.43. The lowest BCUT2D eigenvalue weighted by Gasteiger charge is -2.14. The van der Waals surface area contributed by atoms with Crippen molar-refractivity contribution in [2.24, 2.45) is 0 Å². The van der Waals surface area contributed by atoms with E-state index in [4.69, 9.17) is 18.9 Å². The first-order chi connectivity index (χ1) is 16.5. The molecule has 6 nitrogen and oxygen atoms in total. The van der Waals surface area contributed by atoms with Gasteiger partial charge in [0.05, 0.1) is 26.4 Å². The number of phenols is 2. The predicted molar refractivity (Wildman–Crippen MR) is 131 cm³/mol. The van der Waals surface area contributed by atoms with E-state index in [-0.39, 0.29) is 11.5 Å². The van der Waals surface area contributed by atoms with Crippen LogP contribution in [0.5, 0.6) is 11.5 Å². The first-order valence-corrected chi connectivity index (χ1v) is 11.2. The Kier molecular flexibility index (Phi) is 9.48. The van der Waals surface area contributed by atoms with Crippen LogP contribution >= 0.6 is 0 Å². The van der Waals surface area contributed by atoms with Crippen LogP contribution < -0.4 is 0 Å². The number of methoxy groups -OCH3 is 4. The molecule has 0 aliphatic rings. The molecule has 182 valence electrons. The summed E-state index contributed by atoms with van der Waals surface area (Å²) >= 11 is 0. The van der Waals surface area contributed by atoms with Crippen molar-refractivity contribution in [1.29, 1.82) is 0 Å². The van der Waals surface area contributed by atoms with Crippen LogP contribution in [0.25, 0.3) is 0 Å². The highest BCUT2D eigenvalue weighted by molar-refractivity contribution is 5.46. The summed E-state index contributed by atoms with van der Waals surface area (Å²) in [5.74, 6) is 0.467. The van der Waals surface area contributed by atoms with Crippen molar-refractivity contribution < 1.29 is 29.2 Å². The molecule has 2 N–H and O–H groups in total. The maximum absolute atomic E-state index is 10.5. The van der Waals surface area contributed by atoms with Crippen LogP contribution in [0.1, 0.15) is 44.5 Å². The molecule has 0 saturated carbocycles. The van der Waals surface area contributed by atoms with E-state index >= 15 is 0 Å². The number of aromatic hydroxyl groups is 2. The fourth-order valence-corrected chi connectivity index (χ4v) is 4.18. The van der Waals surface area contributed by atoms with Gasteiger partial charge in [-0.2, -0.15) is 0 Å². The zero-order valence-corrected chi connectivity index (χ0v) is 20.4. The SMILES string of the molecule is COCc1cc(Cc2ccc(Cc3cc(COC)c(O)c(COC)c3)cc2)cc(COC)c1O. The van der Waals surface area contributed by atoms with E-state index in [0.29, 0.717) is 26.4 Å². The van der Waals surface area contributed by atoms with Gasteiger partial charge < -0.3 is 29.2 Å². The summed E-state index contributed by atoms with van der Waals surface area (Å²) in [6.45, 7) is 1.38. The molecule has 34 heavy (non-hydrogen) atoms. The monoisotopic (exact) mass is 466 g/mol. The van der Waals surface area contributed by atoms with E-state index in [9.17, 15) is 10.2 Å². The molecular formula is C28H34O6. The molecule has 3 aromatic carbocycles. The average Bonchev–Trinajstić information content (AvgIpc) is 2.82. The van der Waals surface area contributed by atoms with Crippen LogP contribution in [0.2, 0.25) is 0 Å². The molecule has 0 atom stereocenters. The summed E-state index contributed by atoms with van der Waals surface area (Å²) in [6, 6.07) is 16.4. The van der Waals surface area contributed by atoms with Gasteiger partial charge in [0.1, 0.15) is 11.5 Å². The lowest BCUT2D eigenvalue weighted by Crippen LogP contribution is -2.00. The lowest BCUT2D eigenvalue weighted by atomic mass is 9.96. The third-order valence-corrected chi connectivity index (χ3v) is 5.69. The van der Waals surface area contributed by atoms with Crippen molar-refractivity contribution in [3.8, 4) is 11.5 Å². The van der Waals surface area contributed by atoms with Crippen molar-refractivity contribution in [3.63, 3.8) is 0 Å². The molecule has 0 bridgehead atoms. The molecule has 0 saturated heterocycles. The highest BCUT2D eigenvalue weighted by Gasteiger charge is 2.12. The highest BCUT2D eigenvalue weighted by Crippen LogP contribution is 2.29. The minimum Gasteiger partial charge on any atom is -0.507 e. The lowest BCUT2D eigenvalue weighted by molar-refractivity contribution is 0.174. The van der Waals surface area contributed by atoms with E-state index < -0.39 is 0 Å². The molecule has 0 aromatic heterocycles. The van der Waals surface area contributed by atoms with Gasteiger partial charge in [0, 0.05) is 50.7 Å². The van der Waals surface area contributed by atoms with Gasteiger partial charge >= 0.3 is 0 Å².